The molecule has 3 aliphatic heterocycles. The van der Waals surface area contributed by atoms with E-state index in [1.807, 2.05) is 4.90 Å². The Hall–Kier alpha value is -2.15. The fourth-order valence-corrected chi connectivity index (χ4v) is 4.51. The molecule has 4 rings (SSSR count). The summed E-state index contributed by atoms with van der Waals surface area (Å²) in [6.45, 7) is 3.07. The molecule has 0 spiro atoms. The van der Waals surface area contributed by atoms with Crippen LogP contribution in [0, 0.1) is 11.8 Å². The van der Waals surface area contributed by atoms with Gasteiger partial charge in [-0.05, 0) is 31.4 Å². The number of aryl methyl sites for hydroxylation is 1. The number of hydrogen-bond donors (Lipinski definition) is 0. The molecule has 3 aliphatic rings. The fraction of sp³-hybridized carbons (Fsp3) is 0.632. The largest absolute Gasteiger partial charge is 0.376 e. The van der Waals surface area contributed by atoms with Crippen molar-refractivity contribution in [2.24, 2.45) is 18.9 Å². The van der Waals surface area contributed by atoms with Crippen molar-refractivity contribution in [1.29, 1.82) is 0 Å². The monoisotopic (exact) mass is 359 g/mol. The Labute approximate surface area is 152 Å². The number of pyridine rings is 1. The molecule has 7 heteroatoms. The zero-order valence-corrected chi connectivity index (χ0v) is 15.1. The van der Waals surface area contributed by atoms with E-state index >= 15 is 0 Å². The van der Waals surface area contributed by atoms with Gasteiger partial charge in [0.15, 0.2) is 0 Å². The summed E-state index contributed by atoms with van der Waals surface area (Å²) in [5, 5.41) is 0. The summed E-state index contributed by atoms with van der Waals surface area (Å²) in [7, 11) is 1.63. The highest BCUT2D eigenvalue weighted by atomic mass is 16.5. The predicted octanol–water partition coefficient (Wildman–Crippen LogP) is 0.485. The van der Waals surface area contributed by atoms with Crippen molar-refractivity contribution in [2.75, 3.05) is 32.8 Å². The summed E-state index contributed by atoms with van der Waals surface area (Å²) >= 11 is 0. The highest BCUT2D eigenvalue weighted by Crippen LogP contribution is 2.35. The van der Waals surface area contributed by atoms with E-state index in [1.54, 1.807) is 30.3 Å². The lowest BCUT2D eigenvalue weighted by Crippen LogP contribution is -2.55. The van der Waals surface area contributed by atoms with E-state index in [-0.39, 0.29) is 40.9 Å². The molecule has 0 unspecified atom stereocenters. The number of carbonyl (C=O) groups excluding carboxylic acids is 2. The molecule has 26 heavy (non-hydrogen) atoms. The van der Waals surface area contributed by atoms with Crippen molar-refractivity contribution in [2.45, 2.75) is 25.4 Å². The Bertz CT molecular complexity index is 768. The van der Waals surface area contributed by atoms with E-state index < -0.39 is 0 Å². The zero-order valence-electron chi connectivity index (χ0n) is 15.1. The van der Waals surface area contributed by atoms with Gasteiger partial charge in [-0.25, -0.2) is 0 Å². The number of piperidine rings is 1. The van der Waals surface area contributed by atoms with Crippen molar-refractivity contribution in [1.82, 2.24) is 14.4 Å². The number of amides is 2. The lowest BCUT2D eigenvalue weighted by molar-refractivity contribution is -0.139. The first-order valence-electron chi connectivity index (χ1n) is 9.41. The first kappa shape index (κ1) is 17.3. The second-order valence-electron chi connectivity index (χ2n) is 7.55. The Balaban J connectivity index is 1.59. The van der Waals surface area contributed by atoms with Crippen molar-refractivity contribution in [3.8, 4) is 0 Å². The van der Waals surface area contributed by atoms with Gasteiger partial charge >= 0.3 is 0 Å². The molecule has 0 saturated carbocycles. The molecule has 3 fully saturated rings. The maximum atomic E-state index is 13.0. The summed E-state index contributed by atoms with van der Waals surface area (Å²) in [6, 6.07) is 3.25. The van der Waals surface area contributed by atoms with Gasteiger partial charge in [-0.1, -0.05) is 0 Å². The molecule has 0 bridgehead atoms. The third-order valence-electron chi connectivity index (χ3n) is 5.97. The van der Waals surface area contributed by atoms with Gasteiger partial charge in [0.2, 0.25) is 5.91 Å². The molecule has 1 aromatic heterocycles. The summed E-state index contributed by atoms with van der Waals surface area (Å²) in [5.41, 5.74) is -0.159. The number of rotatable bonds is 2. The molecule has 7 nitrogen and oxygen atoms in total. The summed E-state index contributed by atoms with van der Waals surface area (Å²) < 4.78 is 7.22. The second kappa shape index (κ2) is 6.87. The third-order valence-corrected chi connectivity index (χ3v) is 5.97. The molecule has 2 amide bonds. The number of hydrogen-bond acceptors (Lipinski definition) is 4. The van der Waals surface area contributed by atoms with Gasteiger partial charge in [0.05, 0.1) is 12.0 Å². The van der Waals surface area contributed by atoms with Gasteiger partial charge < -0.3 is 19.1 Å². The predicted molar refractivity (Wildman–Crippen MR) is 94.7 cm³/mol. The maximum Gasteiger partial charge on any atom is 0.263 e. The minimum absolute atomic E-state index is 0.114. The lowest BCUT2D eigenvalue weighted by atomic mass is 9.81. The van der Waals surface area contributed by atoms with Crippen LogP contribution in [-0.4, -0.2) is 65.1 Å². The van der Waals surface area contributed by atoms with E-state index in [1.165, 1.54) is 4.57 Å². The first-order chi connectivity index (χ1) is 12.6. The SMILES string of the molecule is Cn1cccc(C(=O)N2C[C@H]3OCC[C@H]3[C@H](C(=O)N3CCCC3)C2)c1=O. The van der Waals surface area contributed by atoms with Crippen LogP contribution < -0.4 is 5.56 Å². The summed E-state index contributed by atoms with van der Waals surface area (Å²) in [6.07, 6.45) is 4.48. The number of ether oxygens (including phenoxy) is 1. The lowest BCUT2D eigenvalue weighted by Gasteiger charge is -2.40. The number of aromatic nitrogens is 1. The smallest absolute Gasteiger partial charge is 0.263 e. The zero-order chi connectivity index (χ0) is 18.3. The van der Waals surface area contributed by atoms with Crippen LogP contribution in [-0.2, 0) is 16.6 Å². The highest BCUT2D eigenvalue weighted by molar-refractivity contribution is 5.94. The van der Waals surface area contributed by atoms with Crippen LogP contribution in [0.2, 0.25) is 0 Å². The van der Waals surface area contributed by atoms with E-state index in [9.17, 15) is 14.4 Å². The highest BCUT2D eigenvalue weighted by Gasteiger charge is 2.46. The van der Waals surface area contributed by atoms with Crippen LogP contribution in [0.4, 0.5) is 0 Å². The van der Waals surface area contributed by atoms with Crippen LogP contribution >= 0.6 is 0 Å². The Kier molecular flexibility index (Phi) is 4.56. The van der Waals surface area contributed by atoms with Gasteiger partial charge in [0, 0.05) is 51.9 Å². The van der Waals surface area contributed by atoms with Crippen LogP contribution in [0.15, 0.2) is 23.1 Å². The van der Waals surface area contributed by atoms with E-state index in [0.717, 1.165) is 32.4 Å². The average molecular weight is 359 g/mol. The Morgan fingerprint density at radius 2 is 1.92 bits per heavy atom. The molecule has 0 aliphatic carbocycles. The van der Waals surface area contributed by atoms with Gasteiger partial charge in [0.25, 0.3) is 11.5 Å². The van der Waals surface area contributed by atoms with Crippen molar-refractivity contribution >= 4 is 11.8 Å². The quantitative estimate of drug-likeness (QED) is 0.770. The van der Waals surface area contributed by atoms with E-state index in [2.05, 4.69) is 0 Å². The van der Waals surface area contributed by atoms with Crippen molar-refractivity contribution in [3.05, 3.63) is 34.2 Å². The molecule has 3 saturated heterocycles. The molecule has 3 atom stereocenters. The van der Waals surface area contributed by atoms with Gasteiger partial charge in [-0.2, -0.15) is 0 Å². The maximum absolute atomic E-state index is 13.0. The van der Waals surface area contributed by atoms with Crippen LogP contribution in [0.5, 0.6) is 0 Å². The molecule has 0 aromatic carbocycles. The molecule has 0 radical (unpaired) electrons. The minimum Gasteiger partial charge on any atom is -0.376 e. The third kappa shape index (κ3) is 2.94. The summed E-state index contributed by atoms with van der Waals surface area (Å²) in [5.74, 6) is -0.225. The average Bonchev–Trinajstić information content (AvgIpc) is 3.33. The first-order valence-corrected chi connectivity index (χ1v) is 9.41. The molecular weight excluding hydrogens is 334 g/mol. The van der Waals surface area contributed by atoms with Crippen LogP contribution in [0.25, 0.3) is 0 Å². The molecule has 1 aromatic rings. The van der Waals surface area contributed by atoms with Gasteiger partial charge in [0.1, 0.15) is 5.56 Å². The minimum atomic E-state index is -0.311. The van der Waals surface area contributed by atoms with E-state index in [4.69, 9.17) is 4.74 Å². The number of carbonyl (C=O) groups is 2. The summed E-state index contributed by atoms with van der Waals surface area (Å²) in [4.78, 5) is 41.9. The molecule has 0 N–H and O–H groups in total. The molecule has 140 valence electrons. The van der Waals surface area contributed by atoms with Crippen LogP contribution in [0.3, 0.4) is 0 Å². The van der Waals surface area contributed by atoms with Crippen LogP contribution in [0.1, 0.15) is 29.6 Å². The Morgan fingerprint density at radius 3 is 2.69 bits per heavy atom. The second-order valence-corrected chi connectivity index (χ2v) is 7.55. The number of nitrogens with zero attached hydrogens (tertiary/aromatic N) is 3. The van der Waals surface area contributed by atoms with E-state index in [0.29, 0.717) is 19.7 Å². The van der Waals surface area contributed by atoms with Crippen molar-refractivity contribution in [3.63, 3.8) is 0 Å². The molecule has 4 heterocycles. The molecular formula is C19H25N3O4. The Morgan fingerprint density at radius 1 is 1.15 bits per heavy atom. The van der Waals surface area contributed by atoms with Crippen molar-refractivity contribution < 1.29 is 14.3 Å². The normalized spacial score (nSPS) is 28.3. The van der Waals surface area contributed by atoms with Gasteiger partial charge in [-0.15, -0.1) is 0 Å². The van der Waals surface area contributed by atoms with Gasteiger partial charge in [-0.3, -0.25) is 14.4 Å². The fourth-order valence-electron chi connectivity index (χ4n) is 4.51. The number of fused-ring (bicyclic) bond motifs is 1. The number of likely N-dealkylation sites (tertiary alicyclic amines) is 2. The topological polar surface area (TPSA) is 71.8 Å². The standard InChI is InChI=1S/C19H25N3O4/c1-20-7-4-5-14(17(20)23)18(24)22-11-15(13-6-10-26-16(13)12-22)19(25)21-8-2-3-9-21/h4-5,7,13,15-16H,2-3,6,8-12H2,1H3/t13-,15+,16+/m0/s1.